The zero-order chi connectivity index (χ0) is 15.8. The largest absolute Gasteiger partial charge is 0.259 e. The van der Waals surface area contributed by atoms with Crippen LogP contribution in [0.5, 0.6) is 0 Å². The van der Waals surface area contributed by atoms with Crippen molar-refractivity contribution in [2.75, 3.05) is 0 Å². The SMILES string of the molecule is CCC1C=Cc2cc(-c3n[nH]c(-c4ccccc4C)n3)ccc21. The first kappa shape index (κ1) is 13.9. The van der Waals surface area contributed by atoms with E-state index in [1.807, 2.05) is 12.1 Å². The van der Waals surface area contributed by atoms with Crippen molar-refractivity contribution in [3.8, 4) is 22.8 Å². The minimum Gasteiger partial charge on any atom is -0.259 e. The molecule has 1 unspecified atom stereocenters. The molecule has 3 nitrogen and oxygen atoms in total. The van der Waals surface area contributed by atoms with Crippen LogP contribution in [0.2, 0.25) is 0 Å². The van der Waals surface area contributed by atoms with Gasteiger partial charge in [0.2, 0.25) is 0 Å². The van der Waals surface area contributed by atoms with E-state index in [0.29, 0.717) is 5.92 Å². The van der Waals surface area contributed by atoms with Gasteiger partial charge in [-0.1, -0.05) is 55.5 Å². The number of H-pyrrole nitrogens is 1. The van der Waals surface area contributed by atoms with Gasteiger partial charge in [-0.25, -0.2) is 4.98 Å². The van der Waals surface area contributed by atoms with Crippen molar-refractivity contribution >= 4 is 6.08 Å². The fraction of sp³-hybridized carbons (Fsp3) is 0.200. The Labute approximate surface area is 136 Å². The molecule has 1 heterocycles. The number of benzene rings is 2. The standard InChI is InChI=1S/C20H19N3/c1-3-14-8-9-15-12-16(10-11-18(14)15)19-21-20(23-22-19)17-7-5-4-6-13(17)2/h4-12,14H,3H2,1-2H3,(H,21,22,23). The Balaban J connectivity index is 1.71. The van der Waals surface area contributed by atoms with Crippen LogP contribution in [-0.2, 0) is 0 Å². The Kier molecular flexibility index (Phi) is 3.34. The van der Waals surface area contributed by atoms with Crippen molar-refractivity contribution in [2.45, 2.75) is 26.2 Å². The number of allylic oxidation sites excluding steroid dienone is 1. The molecule has 114 valence electrons. The number of fused-ring (bicyclic) bond motifs is 1. The fourth-order valence-corrected chi connectivity index (χ4v) is 3.23. The van der Waals surface area contributed by atoms with Crippen LogP contribution in [0.3, 0.4) is 0 Å². The lowest BCUT2D eigenvalue weighted by atomic mass is 9.97. The molecule has 2 aromatic carbocycles. The Hall–Kier alpha value is -2.68. The molecule has 0 spiro atoms. The molecule has 1 aliphatic rings. The van der Waals surface area contributed by atoms with Crippen molar-refractivity contribution in [1.29, 1.82) is 0 Å². The summed E-state index contributed by atoms with van der Waals surface area (Å²) in [5.41, 5.74) is 6.04. The predicted molar refractivity (Wildman–Crippen MR) is 94.1 cm³/mol. The van der Waals surface area contributed by atoms with Gasteiger partial charge in [0.1, 0.15) is 0 Å². The first-order valence-electron chi connectivity index (χ1n) is 8.07. The lowest BCUT2D eigenvalue weighted by molar-refractivity contribution is 0.818. The summed E-state index contributed by atoms with van der Waals surface area (Å²) < 4.78 is 0. The van der Waals surface area contributed by atoms with Gasteiger partial charge in [-0.2, -0.15) is 5.10 Å². The van der Waals surface area contributed by atoms with Gasteiger partial charge in [0.05, 0.1) is 0 Å². The summed E-state index contributed by atoms with van der Waals surface area (Å²) in [5, 5.41) is 7.48. The third-order valence-electron chi connectivity index (χ3n) is 4.58. The van der Waals surface area contributed by atoms with Gasteiger partial charge < -0.3 is 0 Å². The van der Waals surface area contributed by atoms with Crippen molar-refractivity contribution in [3.63, 3.8) is 0 Å². The lowest BCUT2D eigenvalue weighted by Crippen LogP contribution is -1.91. The second kappa shape index (κ2) is 5.51. The van der Waals surface area contributed by atoms with Crippen LogP contribution < -0.4 is 0 Å². The summed E-state index contributed by atoms with van der Waals surface area (Å²) >= 11 is 0. The van der Waals surface area contributed by atoms with Gasteiger partial charge in [0, 0.05) is 17.0 Å². The molecule has 0 saturated heterocycles. The van der Waals surface area contributed by atoms with Crippen molar-refractivity contribution in [3.05, 3.63) is 65.2 Å². The Morgan fingerprint density at radius 1 is 1.13 bits per heavy atom. The van der Waals surface area contributed by atoms with Gasteiger partial charge in [-0.15, -0.1) is 0 Å². The number of hydrogen-bond acceptors (Lipinski definition) is 2. The van der Waals surface area contributed by atoms with E-state index in [0.717, 1.165) is 29.2 Å². The second-order valence-electron chi connectivity index (χ2n) is 6.04. The molecule has 0 bridgehead atoms. The highest BCUT2D eigenvalue weighted by atomic mass is 15.2. The van der Waals surface area contributed by atoms with E-state index in [1.165, 1.54) is 16.7 Å². The van der Waals surface area contributed by atoms with Crippen LogP contribution in [-0.4, -0.2) is 15.2 Å². The Bertz CT molecular complexity index is 889. The highest BCUT2D eigenvalue weighted by molar-refractivity contribution is 5.70. The number of aromatic nitrogens is 3. The molecule has 1 atom stereocenters. The number of aryl methyl sites for hydroxylation is 1. The predicted octanol–water partition coefficient (Wildman–Crippen LogP) is 4.97. The molecule has 0 aliphatic heterocycles. The topological polar surface area (TPSA) is 41.6 Å². The summed E-state index contributed by atoms with van der Waals surface area (Å²) in [6, 6.07) is 14.7. The molecule has 1 aliphatic carbocycles. The van der Waals surface area contributed by atoms with Crippen LogP contribution in [0.1, 0.15) is 36.0 Å². The molecule has 3 aromatic rings. The molecule has 0 radical (unpaired) electrons. The smallest absolute Gasteiger partial charge is 0.181 e. The van der Waals surface area contributed by atoms with E-state index in [2.05, 4.69) is 71.5 Å². The first-order chi connectivity index (χ1) is 11.3. The monoisotopic (exact) mass is 301 g/mol. The third kappa shape index (κ3) is 2.38. The van der Waals surface area contributed by atoms with Crippen LogP contribution in [0, 0.1) is 6.92 Å². The van der Waals surface area contributed by atoms with E-state index in [1.54, 1.807) is 0 Å². The number of nitrogens with zero attached hydrogens (tertiary/aromatic N) is 2. The van der Waals surface area contributed by atoms with Crippen LogP contribution in [0.4, 0.5) is 0 Å². The maximum absolute atomic E-state index is 4.69. The maximum Gasteiger partial charge on any atom is 0.181 e. The maximum atomic E-state index is 4.69. The number of nitrogens with one attached hydrogen (secondary N) is 1. The Morgan fingerprint density at radius 3 is 2.83 bits per heavy atom. The van der Waals surface area contributed by atoms with Gasteiger partial charge >= 0.3 is 0 Å². The second-order valence-corrected chi connectivity index (χ2v) is 6.04. The molecular formula is C20H19N3. The molecule has 1 N–H and O–H groups in total. The van der Waals surface area contributed by atoms with E-state index in [4.69, 9.17) is 0 Å². The number of hydrogen-bond donors (Lipinski definition) is 1. The first-order valence-corrected chi connectivity index (χ1v) is 8.07. The molecule has 0 amide bonds. The molecule has 23 heavy (non-hydrogen) atoms. The quantitative estimate of drug-likeness (QED) is 0.742. The minimum absolute atomic E-state index is 0.550. The molecular weight excluding hydrogens is 282 g/mol. The highest BCUT2D eigenvalue weighted by Crippen LogP contribution is 2.34. The Morgan fingerprint density at radius 2 is 2.00 bits per heavy atom. The van der Waals surface area contributed by atoms with Gasteiger partial charge in [-0.05, 0) is 36.1 Å². The van der Waals surface area contributed by atoms with Gasteiger partial charge in [0.15, 0.2) is 11.6 Å². The highest BCUT2D eigenvalue weighted by Gasteiger charge is 2.17. The van der Waals surface area contributed by atoms with E-state index in [9.17, 15) is 0 Å². The lowest BCUT2D eigenvalue weighted by Gasteiger charge is -2.08. The summed E-state index contributed by atoms with van der Waals surface area (Å²) in [4.78, 5) is 4.69. The average molecular weight is 301 g/mol. The number of aromatic amines is 1. The summed E-state index contributed by atoms with van der Waals surface area (Å²) in [6.07, 6.45) is 5.63. The van der Waals surface area contributed by atoms with E-state index < -0.39 is 0 Å². The normalized spacial score (nSPS) is 15.8. The van der Waals surface area contributed by atoms with Crippen LogP contribution >= 0.6 is 0 Å². The third-order valence-corrected chi connectivity index (χ3v) is 4.58. The van der Waals surface area contributed by atoms with E-state index in [-0.39, 0.29) is 0 Å². The molecule has 1 aromatic heterocycles. The van der Waals surface area contributed by atoms with Crippen LogP contribution in [0.15, 0.2) is 48.5 Å². The van der Waals surface area contributed by atoms with Gasteiger partial charge in [-0.3, -0.25) is 5.10 Å². The van der Waals surface area contributed by atoms with Gasteiger partial charge in [0.25, 0.3) is 0 Å². The minimum atomic E-state index is 0.550. The molecule has 3 heteroatoms. The molecule has 0 saturated carbocycles. The summed E-state index contributed by atoms with van der Waals surface area (Å²) in [7, 11) is 0. The number of rotatable bonds is 3. The molecule has 4 rings (SSSR count). The summed E-state index contributed by atoms with van der Waals surface area (Å²) in [6.45, 7) is 4.31. The van der Waals surface area contributed by atoms with Crippen LogP contribution in [0.25, 0.3) is 28.9 Å². The fourth-order valence-electron chi connectivity index (χ4n) is 3.23. The van der Waals surface area contributed by atoms with Crippen molar-refractivity contribution < 1.29 is 0 Å². The molecule has 0 fully saturated rings. The zero-order valence-corrected chi connectivity index (χ0v) is 13.4. The van der Waals surface area contributed by atoms with E-state index >= 15 is 0 Å². The average Bonchev–Trinajstić information content (AvgIpc) is 3.21. The van der Waals surface area contributed by atoms with Crippen molar-refractivity contribution in [1.82, 2.24) is 15.2 Å². The zero-order valence-electron chi connectivity index (χ0n) is 13.4. The van der Waals surface area contributed by atoms with Crippen molar-refractivity contribution in [2.24, 2.45) is 0 Å². The summed E-state index contributed by atoms with van der Waals surface area (Å²) in [5.74, 6) is 2.12.